The van der Waals surface area contributed by atoms with Gasteiger partial charge in [0.05, 0.1) is 0 Å². The second-order valence-corrected chi connectivity index (χ2v) is 4.88. The fraction of sp³-hybridized carbons (Fsp3) is 0.500. The van der Waals surface area contributed by atoms with Crippen LogP contribution in [0.4, 0.5) is 5.69 Å². The summed E-state index contributed by atoms with van der Waals surface area (Å²) in [6.07, 6.45) is 0. The summed E-state index contributed by atoms with van der Waals surface area (Å²) in [7, 11) is 0. The molecule has 1 rings (SSSR count). The van der Waals surface area contributed by atoms with Gasteiger partial charge in [0.25, 0.3) is 0 Å². The molecule has 78 valence electrons. The highest BCUT2D eigenvalue weighted by molar-refractivity contribution is 5.62. The summed E-state index contributed by atoms with van der Waals surface area (Å²) in [6, 6.07) is 1.74. The molecule has 0 saturated heterocycles. The van der Waals surface area contributed by atoms with Crippen molar-refractivity contribution in [2.24, 2.45) is 0 Å². The van der Waals surface area contributed by atoms with Gasteiger partial charge in [-0.15, -0.1) is 0 Å². The van der Waals surface area contributed by atoms with Gasteiger partial charge in [0, 0.05) is 11.3 Å². The number of hydrogen-bond acceptors (Lipinski definition) is 2. The van der Waals surface area contributed by atoms with Crippen LogP contribution in [-0.2, 0) is 5.41 Å². The number of benzene rings is 1. The average molecular weight is 193 g/mol. The molecule has 2 heteroatoms. The quantitative estimate of drug-likeness (QED) is 0.491. The normalized spacial score (nSPS) is 11.8. The van der Waals surface area contributed by atoms with Crippen LogP contribution in [0.2, 0.25) is 0 Å². The van der Waals surface area contributed by atoms with Gasteiger partial charge in [0.1, 0.15) is 5.75 Å². The van der Waals surface area contributed by atoms with Crippen LogP contribution in [0.3, 0.4) is 0 Å². The molecule has 0 aromatic heterocycles. The Balaban J connectivity index is 3.53. The highest BCUT2D eigenvalue weighted by Crippen LogP contribution is 2.37. The zero-order chi connectivity index (χ0) is 11.1. The first-order valence-corrected chi connectivity index (χ1v) is 4.84. The molecular formula is C12H19NO. The molecule has 1 aromatic carbocycles. The van der Waals surface area contributed by atoms with E-state index in [2.05, 4.69) is 20.8 Å². The molecule has 0 aliphatic carbocycles. The van der Waals surface area contributed by atoms with Crippen LogP contribution in [0.15, 0.2) is 6.07 Å². The third kappa shape index (κ3) is 1.69. The fourth-order valence-electron chi connectivity index (χ4n) is 1.92. The average Bonchev–Trinajstić information content (AvgIpc) is 1.97. The number of aromatic hydroxyl groups is 1. The van der Waals surface area contributed by atoms with Crippen LogP contribution >= 0.6 is 0 Å². The summed E-state index contributed by atoms with van der Waals surface area (Å²) in [5, 5.41) is 9.88. The zero-order valence-electron chi connectivity index (χ0n) is 9.60. The van der Waals surface area contributed by atoms with Crippen molar-refractivity contribution in [2.45, 2.75) is 40.0 Å². The van der Waals surface area contributed by atoms with Crippen LogP contribution in [0.1, 0.15) is 37.5 Å². The lowest BCUT2D eigenvalue weighted by Crippen LogP contribution is -2.15. The molecule has 1 aromatic rings. The first-order valence-electron chi connectivity index (χ1n) is 4.84. The van der Waals surface area contributed by atoms with Crippen molar-refractivity contribution >= 4 is 5.69 Å². The number of nitrogens with two attached hydrogens (primary N) is 1. The minimum atomic E-state index is -0.0734. The van der Waals surface area contributed by atoms with Gasteiger partial charge in [-0.2, -0.15) is 0 Å². The molecule has 0 atom stereocenters. The molecule has 0 aliphatic heterocycles. The van der Waals surface area contributed by atoms with Crippen molar-refractivity contribution in [1.82, 2.24) is 0 Å². The van der Waals surface area contributed by atoms with E-state index in [-0.39, 0.29) is 5.41 Å². The minimum absolute atomic E-state index is 0.0734. The highest BCUT2D eigenvalue weighted by Gasteiger charge is 2.22. The minimum Gasteiger partial charge on any atom is -0.508 e. The van der Waals surface area contributed by atoms with Gasteiger partial charge in [-0.25, -0.2) is 0 Å². The van der Waals surface area contributed by atoms with Crippen molar-refractivity contribution < 1.29 is 5.11 Å². The van der Waals surface area contributed by atoms with Gasteiger partial charge in [0.15, 0.2) is 0 Å². The number of hydrogen-bond donors (Lipinski definition) is 2. The summed E-state index contributed by atoms with van der Waals surface area (Å²) in [4.78, 5) is 0. The smallest absolute Gasteiger partial charge is 0.119 e. The molecule has 0 heterocycles. The van der Waals surface area contributed by atoms with Crippen molar-refractivity contribution in [3.05, 3.63) is 22.8 Å². The number of phenolic OH excluding ortho intramolecular Hbond substituents is 1. The van der Waals surface area contributed by atoms with Gasteiger partial charge in [-0.05, 0) is 36.5 Å². The molecule has 14 heavy (non-hydrogen) atoms. The van der Waals surface area contributed by atoms with E-state index in [4.69, 9.17) is 5.73 Å². The molecule has 0 fully saturated rings. The molecule has 0 bridgehead atoms. The highest BCUT2D eigenvalue weighted by atomic mass is 16.3. The zero-order valence-corrected chi connectivity index (χ0v) is 9.60. The van der Waals surface area contributed by atoms with Crippen molar-refractivity contribution in [1.29, 1.82) is 0 Å². The Morgan fingerprint density at radius 3 is 2.14 bits per heavy atom. The van der Waals surface area contributed by atoms with Crippen molar-refractivity contribution in [2.75, 3.05) is 5.73 Å². The SMILES string of the molecule is Cc1cc(O)c(C(C)(C)C)c(C)c1N. The lowest BCUT2D eigenvalue weighted by molar-refractivity contribution is 0.445. The van der Waals surface area contributed by atoms with Crippen LogP contribution in [0.25, 0.3) is 0 Å². The third-order valence-corrected chi connectivity index (χ3v) is 2.56. The van der Waals surface area contributed by atoms with Gasteiger partial charge in [-0.3, -0.25) is 0 Å². The van der Waals surface area contributed by atoms with E-state index in [1.165, 1.54) is 0 Å². The molecular weight excluding hydrogens is 174 g/mol. The van der Waals surface area contributed by atoms with Gasteiger partial charge >= 0.3 is 0 Å². The molecule has 3 N–H and O–H groups in total. The Bertz CT molecular complexity index is 362. The number of aryl methyl sites for hydroxylation is 1. The van der Waals surface area contributed by atoms with Crippen LogP contribution in [-0.4, -0.2) is 5.11 Å². The number of rotatable bonds is 0. The molecule has 0 amide bonds. The summed E-state index contributed by atoms with van der Waals surface area (Å²) >= 11 is 0. The van der Waals surface area contributed by atoms with Gasteiger partial charge in [0.2, 0.25) is 0 Å². The monoisotopic (exact) mass is 193 g/mol. The topological polar surface area (TPSA) is 46.2 Å². The molecule has 0 radical (unpaired) electrons. The first-order chi connectivity index (χ1) is 6.25. The fourth-order valence-corrected chi connectivity index (χ4v) is 1.92. The van der Waals surface area contributed by atoms with Crippen LogP contribution < -0.4 is 5.73 Å². The number of phenols is 1. The molecule has 0 spiro atoms. The maximum absolute atomic E-state index is 9.88. The van der Waals surface area contributed by atoms with Crippen molar-refractivity contribution in [3.63, 3.8) is 0 Å². The van der Waals surface area contributed by atoms with E-state index >= 15 is 0 Å². The number of anilines is 1. The second kappa shape index (κ2) is 3.19. The van der Waals surface area contributed by atoms with Gasteiger partial charge < -0.3 is 10.8 Å². The van der Waals surface area contributed by atoms with Crippen LogP contribution in [0.5, 0.6) is 5.75 Å². The van der Waals surface area contributed by atoms with Crippen molar-refractivity contribution in [3.8, 4) is 5.75 Å². The van der Waals surface area contributed by atoms with E-state index in [0.29, 0.717) is 5.75 Å². The van der Waals surface area contributed by atoms with E-state index in [1.807, 2.05) is 13.8 Å². The molecule has 0 saturated carbocycles. The molecule has 0 aliphatic rings. The third-order valence-electron chi connectivity index (χ3n) is 2.56. The Kier molecular flexibility index (Phi) is 2.49. The Hall–Kier alpha value is -1.18. The summed E-state index contributed by atoms with van der Waals surface area (Å²) in [5.74, 6) is 0.349. The van der Waals surface area contributed by atoms with Crippen LogP contribution in [0, 0.1) is 13.8 Å². The maximum Gasteiger partial charge on any atom is 0.119 e. The lowest BCUT2D eigenvalue weighted by Gasteiger charge is -2.24. The Morgan fingerprint density at radius 1 is 1.21 bits per heavy atom. The maximum atomic E-state index is 9.88. The van der Waals surface area contributed by atoms with Gasteiger partial charge in [-0.1, -0.05) is 20.8 Å². The largest absolute Gasteiger partial charge is 0.508 e. The summed E-state index contributed by atoms with van der Waals surface area (Å²) in [5.41, 5.74) is 9.53. The summed E-state index contributed by atoms with van der Waals surface area (Å²) in [6.45, 7) is 10.1. The predicted octanol–water partition coefficient (Wildman–Crippen LogP) is 2.89. The second-order valence-electron chi connectivity index (χ2n) is 4.88. The number of nitrogen functional groups attached to an aromatic ring is 1. The first kappa shape index (κ1) is 10.9. The standard InChI is InChI=1S/C12H19NO/c1-7-6-9(14)10(12(3,4)5)8(2)11(7)13/h6,14H,13H2,1-5H3. The van der Waals surface area contributed by atoms with E-state index in [9.17, 15) is 5.11 Å². The lowest BCUT2D eigenvalue weighted by atomic mass is 9.82. The van der Waals surface area contributed by atoms with E-state index < -0.39 is 0 Å². The summed E-state index contributed by atoms with van der Waals surface area (Å²) < 4.78 is 0. The molecule has 0 unspecified atom stereocenters. The Morgan fingerprint density at radius 2 is 1.71 bits per heavy atom. The predicted molar refractivity (Wildman–Crippen MR) is 60.7 cm³/mol. The molecule has 2 nitrogen and oxygen atoms in total. The Labute approximate surface area is 85.8 Å². The van der Waals surface area contributed by atoms with E-state index in [0.717, 1.165) is 22.4 Å². The van der Waals surface area contributed by atoms with E-state index in [1.54, 1.807) is 6.07 Å².